The van der Waals surface area contributed by atoms with Crippen molar-refractivity contribution in [2.75, 3.05) is 0 Å². The van der Waals surface area contributed by atoms with Gasteiger partial charge in [0.1, 0.15) is 5.82 Å². The van der Waals surface area contributed by atoms with Crippen LogP contribution < -0.4 is 5.73 Å². The topological polar surface area (TPSA) is 43.8 Å². The summed E-state index contributed by atoms with van der Waals surface area (Å²) in [5.41, 5.74) is 9.29. The number of hydrogen-bond acceptors (Lipinski definition) is 2. The highest BCUT2D eigenvalue weighted by Crippen LogP contribution is 2.31. The lowest BCUT2D eigenvalue weighted by Crippen LogP contribution is -2.18. The van der Waals surface area contributed by atoms with Crippen molar-refractivity contribution >= 4 is 11.0 Å². The third-order valence-electron chi connectivity index (χ3n) is 4.37. The van der Waals surface area contributed by atoms with Crippen molar-refractivity contribution < 1.29 is 0 Å². The van der Waals surface area contributed by atoms with E-state index in [-0.39, 0.29) is 0 Å². The fourth-order valence-electron chi connectivity index (χ4n) is 3.03. The number of imidazole rings is 1. The van der Waals surface area contributed by atoms with Gasteiger partial charge in [0.2, 0.25) is 0 Å². The minimum Gasteiger partial charge on any atom is -0.328 e. The van der Waals surface area contributed by atoms with Gasteiger partial charge < -0.3 is 10.3 Å². The van der Waals surface area contributed by atoms with Gasteiger partial charge >= 0.3 is 0 Å². The van der Waals surface area contributed by atoms with Gasteiger partial charge in [-0.3, -0.25) is 0 Å². The van der Waals surface area contributed by atoms with Crippen molar-refractivity contribution in [3.8, 4) is 0 Å². The Hall–Kier alpha value is -1.35. The monoisotopic (exact) mass is 271 g/mol. The predicted octanol–water partition coefficient (Wildman–Crippen LogP) is 3.49. The maximum Gasteiger partial charge on any atom is 0.110 e. The van der Waals surface area contributed by atoms with Crippen LogP contribution in [0.15, 0.2) is 18.2 Å². The van der Waals surface area contributed by atoms with Crippen LogP contribution in [0.2, 0.25) is 0 Å². The maximum absolute atomic E-state index is 5.74. The predicted molar refractivity (Wildman–Crippen MR) is 83.5 cm³/mol. The molecule has 0 unspecified atom stereocenters. The van der Waals surface area contributed by atoms with Crippen molar-refractivity contribution in [2.24, 2.45) is 17.6 Å². The molecule has 2 aromatic rings. The van der Waals surface area contributed by atoms with Crippen LogP contribution >= 0.6 is 0 Å². The molecule has 3 nitrogen and oxygen atoms in total. The number of fused-ring (bicyclic) bond motifs is 1. The lowest BCUT2D eigenvalue weighted by molar-refractivity contribution is 0.304. The molecule has 1 saturated carbocycles. The molecule has 1 aromatic heterocycles. The smallest absolute Gasteiger partial charge is 0.110 e. The van der Waals surface area contributed by atoms with E-state index in [9.17, 15) is 0 Å². The number of nitrogens with two attached hydrogens (primary N) is 1. The molecule has 1 aliphatic rings. The SMILES string of the molecule is CC(C)Cn1c(CC2CCC2)nc2cc(CN)ccc21. The van der Waals surface area contributed by atoms with E-state index in [0.29, 0.717) is 12.5 Å². The quantitative estimate of drug-likeness (QED) is 0.904. The molecule has 0 bridgehead atoms. The molecule has 108 valence electrons. The van der Waals surface area contributed by atoms with E-state index in [2.05, 4.69) is 36.6 Å². The van der Waals surface area contributed by atoms with E-state index in [1.807, 2.05) is 0 Å². The summed E-state index contributed by atoms with van der Waals surface area (Å²) < 4.78 is 2.43. The van der Waals surface area contributed by atoms with Crippen LogP contribution in [0, 0.1) is 11.8 Å². The van der Waals surface area contributed by atoms with E-state index < -0.39 is 0 Å². The van der Waals surface area contributed by atoms with Gasteiger partial charge in [-0.1, -0.05) is 39.2 Å². The van der Waals surface area contributed by atoms with Gasteiger partial charge in [0, 0.05) is 19.5 Å². The average Bonchev–Trinajstić information content (AvgIpc) is 2.70. The molecule has 2 N–H and O–H groups in total. The standard InChI is InChI=1S/C17H25N3/c1-12(2)11-20-16-7-6-14(10-18)8-15(16)19-17(20)9-13-4-3-5-13/h6-8,12-13H,3-5,9-11,18H2,1-2H3. The molecular formula is C17H25N3. The second kappa shape index (κ2) is 5.57. The molecule has 0 saturated heterocycles. The number of aromatic nitrogens is 2. The summed E-state index contributed by atoms with van der Waals surface area (Å²) in [5.74, 6) is 2.76. The molecule has 1 heterocycles. The Morgan fingerprint density at radius 1 is 1.35 bits per heavy atom. The van der Waals surface area contributed by atoms with Gasteiger partial charge in [0.05, 0.1) is 11.0 Å². The summed E-state index contributed by atoms with van der Waals surface area (Å²) in [6, 6.07) is 6.47. The van der Waals surface area contributed by atoms with Gasteiger partial charge in [0.15, 0.2) is 0 Å². The van der Waals surface area contributed by atoms with Crippen LogP contribution in [0.5, 0.6) is 0 Å². The summed E-state index contributed by atoms with van der Waals surface area (Å²) in [5, 5.41) is 0. The Labute approximate surface area is 121 Å². The molecule has 0 radical (unpaired) electrons. The van der Waals surface area contributed by atoms with E-state index in [1.54, 1.807) is 0 Å². The molecular weight excluding hydrogens is 246 g/mol. The van der Waals surface area contributed by atoms with Crippen LogP contribution in [-0.4, -0.2) is 9.55 Å². The molecule has 1 aliphatic carbocycles. The normalized spacial score (nSPS) is 16.0. The second-order valence-corrected chi connectivity index (χ2v) is 6.56. The minimum atomic E-state index is 0.588. The number of benzene rings is 1. The second-order valence-electron chi connectivity index (χ2n) is 6.56. The highest BCUT2D eigenvalue weighted by molar-refractivity contribution is 5.77. The Morgan fingerprint density at radius 2 is 2.15 bits per heavy atom. The molecule has 1 fully saturated rings. The first-order chi connectivity index (χ1) is 9.67. The first-order valence-corrected chi connectivity index (χ1v) is 7.85. The van der Waals surface area contributed by atoms with Crippen LogP contribution in [0.1, 0.15) is 44.5 Å². The van der Waals surface area contributed by atoms with Crippen LogP contribution in [0.25, 0.3) is 11.0 Å². The third kappa shape index (κ3) is 2.59. The Bertz CT molecular complexity index is 594. The maximum atomic E-state index is 5.74. The summed E-state index contributed by atoms with van der Waals surface area (Å²) in [4.78, 5) is 4.90. The van der Waals surface area contributed by atoms with Crippen LogP contribution in [0.4, 0.5) is 0 Å². The minimum absolute atomic E-state index is 0.588. The first-order valence-electron chi connectivity index (χ1n) is 7.85. The lowest BCUT2D eigenvalue weighted by Gasteiger charge is -2.25. The van der Waals surface area contributed by atoms with Crippen molar-refractivity contribution in [2.45, 2.75) is 52.6 Å². The van der Waals surface area contributed by atoms with Crippen LogP contribution in [-0.2, 0) is 19.5 Å². The Kier molecular flexibility index (Phi) is 3.79. The lowest BCUT2D eigenvalue weighted by atomic mass is 9.83. The third-order valence-corrected chi connectivity index (χ3v) is 4.37. The van der Waals surface area contributed by atoms with Gasteiger partial charge in [-0.15, -0.1) is 0 Å². The van der Waals surface area contributed by atoms with E-state index in [4.69, 9.17) is 10.7 Å². The van der Waals surface area contributed by atoms with Crippen molar-refractivity contribution in [1.82, 2.24) is 9.55 Å². The fraction of sp³-hybridized carbons (Fsp3) is 0.588. The first kappa shape index (κ1) is 13.6. The Morgan fingerprint density at radius 3 is 2.75 bits per heavy atom. The number of hydrogen-bond donors (Lipinski definition) is 1. The van der Waals surface area contributed by atoms with Gasteiger partial charge in [-0.25, -0.2) is 4.98 Å². The van der Waals surface area contributed by atoms with Crippen molar-refractivity contribution in [1.29, 1.82) is 0 Å². The van der Waals surface area contributed by atoms with Gasteiger partial charge in [0.25, 0.3) is 0 Å². The number of nitrogens with zero attached hydrogens (tertiary/aromatic N) is 2. The summed E-state index contributed by atoms with van der Waals surface area (Å²) in [7, 11) is 0. The Balaban J connectivity index is 2.00. The van der Waals surface area contributed by atoms with Crippen LogP contribution in [0.3, 0.4) is 0 Å². The molecule has 20 heavy (non-hydrogen) atoms. The molecule has 3 rings (SSSR count). The number of rotatable bonds is 5. The zero-order chi connectivity index (χ0) is 14.1. The zero-order valence-corrected chi connectivity index (χ0v) is 12.6. The molecule has 1 aromatic carbocycles. The summed E-state index contributed by atoms with van der Waals surface area (Å²) in [6.45, 7) is 6.19. The molecule has 0 aliphatic heterocycles. The average molecular weight is 271 g/mol. The highest BCUT2D eigenvalue weighted by Gasteiger charge is 2.21. The zero-order valence-electron chi connectivity index (χ0n) is 12.6. The molecule has 0 amide bonds. The highest BCUT2D eigenvalue weighted by atomic mass is 15.1. The summed E-state index contributed by atoms with van der Waals surface area (Å²) >= 11 is 0. The molecule has 3 heteroatoms. The molecule has 0 atom stereocenters. The largest absolute Gasteiger partial charge is 0.328 e. The van der Waals surface area contributed by atoms with Crippen molar-refractivity contribution in [3.05, 3.63) is 29.6 Å². The van der Waals surface area contributed by atoms with E-state index in [1.165, 1.54) is 36.2 Å². The van der Waals surface area contributed by atoms with E-state index in [0.717, 1.165) is 24.4 Å². The molecule has 0 spiro atoms. The van der Waals surface area contributed by atoms with Gasteiger partial charge in [-0.05, 0) is 29.5 Å². The van der Waals surface area contributed by atoms with Gasteiger partial charge in [-0.2, -0.15) is 0 Å². The van der Waals surface area contributed by atoms with E-state index >= 15 is 0 Å². The fourth-order valence-corrected chi connectivity index (χ4v) is 3.03. The summed E-state index contributed by atoms with van der Waals surface area (Å²) in [6.07, 6.45) is 5.28. The van der Waals surface area contributed by atoms with Crippen molar-refractivity contribution in [3.63, 3.8) is 0 Å².